The summed E-state index contributed by atoms with van der Waals surface area (Å²) in [5, 5.41) is 2.66. The first-order valence-electron chi connectivity index (χ1n) is 6.47. The zero-order valence-electron chi connectivity index (χ0n) is 11.9. The van der Waals surface area contributed by atoms with Gasteiger partial charge in [0.05, 0.1) is 12.9 Å². The lowest BCUT2D eigenvalue weighted by atomic mass is 10.2. The van der Waals surface area contributed by atoms with Crippen molar-refractivity contribution in [3.63, 3.8) is 0 Å². The maximum absolute atomic E-state index is 12.0. The fourth-order valence-electron chi connectivity index (χ4n) is 1.65. The van der Waals surface area contributed by atoms with Gasteiger partial charge in [-0.3, -0.25) is 8.98 Å². The molecule has 0 radical (unpaired) electrons. The Bertz CT molecular complexity index is 748. The van der Waals surface area contributed by atoms with Crippen molar-refractivity contribution in [2.75, 3.05) is 18.2 Å². The second-order valence-corrected chi connectivity index (χ2v) is 6.10. The lowest BCUT2D eigenvalue weighted by Crippen LogP contribution is -2.14. The summed E-state index contributed by atoms with van der Waals surface area (Å²) >= 11 is 0. The fraction of sp³-hybridized carbons (Fsp3) is 0.214. The van der Waals surface area contributed by atoms with Gasteiger partial charge in [-0.15, -0.1) is 0 Å². The van der Waals surface area contributed by atoms with Gasteiger partial charge in [0.1, 0.15) is 11.6 Å². The summed E-state index contributed by atoms with van der Waals surface area (Å²) in [4.78, 5) is 20.1. The smallest absolute Gasteiger partial charge is 0.264 e. The molecule has 2 rings (SSSR count). The SMILES string of the molecule is CS(=O)(=O)OCCc1nccc(NC(=O)c2ccccc2)n1. The minimum absolute atomic E-state index is 0.0467. The van der Waals surface area contributed by atoms with E-state index in [1.54, 1.807) is 30.3 Å². The average molecular weight is 321 g/mol. The summed E-state index contributed by atoms with van der Waals surface area (Å²) in [5.41, 5.74) is 0.517. The van der Waals surface area contributed by atoms with E-state index in [0.717, 1.165) is 6.26 Å². The van der Waals surface area contributed by atoms with Crippen LogP contribution in [0.4, 0.5) is 5.82 Å². The first kappa shape index (κ1) is 16.1. The Kier molecular flexibility index (Phi) is 5.18. The molecular formula is C14H15N3O4S. The van der Waals surface area contributed by atoms with Crippen molar-refractivity contribution in [1.29, 1.82) is 0 Å². The number of hydrogen-bond acceptors (Lipinski definition) is 6. The Labute approximate surface area is 128 Å². The van der Waals surface area contributed by atoms with Crippen molar-refractivity contribution >= 4 is 21.8 Å². The van der Waals surface area contributed by atoms with Crippen LogP contribution in [0.5, 0.6) is 0 Å². The van der Waals surface area contributed by atoms with Crippen molar-refractivity contribution < 1.29 is 17.4 Å². The van der Waals surface area contributed by atoms with Crippen LogP contribution in [0.3, 0.4) is 0 Å². The number of rotatable bonds is 6. The average Bonchev–Trinajstić information content (AvgIpc) is 2.47. The molecule has 116 valence electrons. The zero-order chi connectivity index (χ0) is 16.0. The van der Waals surface area contributed by atoms with Crippen LogP contribution in [0.1, 0.15) is 16.2 Å². The maximum atomic E-state index is 12.0. The molecule has 0 spiro atoms. The summed E-state index contributed by atoms with van der Waals surface area (Å²) in [7, 11) is -3.48. The third kappa shape index (κ3) is 5.23. The van der Waals surface area contributed by atoms with E-state index in [2.05, 4.69) is 19.5 Å². The molecule has 1 amide bonds. The number of anilines is 1. The molecule has 8 heteroatoms. The van der Waals surface area contributed by atoms with Crippen LogP contribution >= 0.6 is 0 Å². The summed E-state index contributed by atoms with van der Waals surface area (Å²) < 4.78 is 26.4. The Morgan fingerprint density at radius 3 is 2.64 bits per heavy atom. The van der Waals surface area contributed by atoms with E-state index < -0.39 is 10.1 Å². The molecule has 1 aromatic heterocycles. The molecule has 7 nitrogen and oxygen atoms in total. The molecule has 0 bridgehead atoms. The number of hydrogen-bond donors (Lipinski definition) is 1. The second kappa shape index (κ2) is 7.10. The minimum atomic E-state index is -3.48. The van der Waals surface area contributed by atoms with Gasteiger partial charge in [0.2, 0.25) is 0 Å². The number of carbonyl (C=O) groups excluding carboxylic acids is 1. The Balaban J connectivity index is 1.98. The molecule has 0 aliphatic rings. The van der Waals surface area contributed by atoms with E-state index in [0.29, 0.717) is 17.2 Å². The topological polar surface area (TPSA) is 98.3 Å². The van der Waals surface area contributed by atoms with Gasteiger partial charge in [-0.25, -0.2) is 9.97 Å². The minimum Gasteiger partial charge on any atom is -0.306 e. The van der Waals surface area contributed by atoms with E-state index >= 15 is 0 Å². The maximum Gasteiger partial charge on any atom is 0.264 e. The van der Waals surface area contributed by atoms with E-state index in [9.17, 15) is 13.2 Å². The monoisotopic (exact) mass is 321 g/mol. The lowest BCUT2D eigenvalue weighted by molar-refractivity contribution is 0.102. The van der Waals surface area contributed by atoms with Gasteiger partial charge >= 0.3 is 0 Å². The van der Waals surface area contributed by atoms with Crippen molar-refractivity contribution in [1.82, 2.24) is 9.97 Å². The molecule has 0 unspecified atom stereocenters. The highest BCUT2D eigenvalue weighted by Crippen LogP contribution is 2.07. The second-order valence-electron chi connectivity index (χ2n) is 4.45. The predicted octanol–water partition coefficient (Wildman–Crippen LogP) is 1.25. The van der Waals surface area contributed by atoms with E-state index in [4.69, 9.17) is 0 Å². The molecule has 2 aromatic rings. The van der Waals surface area contributed by atoms with Crippen molar-refractivity contribution in [3.05, 3.63) is 54.0 Å². The Morgan fingerprint density at radius 1 is 1.23 bits per heavy atom. The molecule has 22 heavy (non-hydrogen) atoms. The van der Waals surface area contributed by atoms with Gasteiger partial charge in [0.25, 0.3) is 16.0 Å². The zero-order valence-corrected chi connectivity index (χ0v) is 12.7. The van der Waals surface area contributed by atoms with Crippen LogP contribution in [0, 0.1) is 0 Å². The number of nitrogens with zero attached hydrogens (tertiary/aromatic N) is 2. The summed E-state index contributed by atoms with van der Waals surface area (Å²) in [6.45, 7) is -0.0467. The number of carbonyl (C=O) groups is 1. The number of amides is 1. The largest absolute Gasteiger partial charge is 0.306 e. The molecule has 0 atom stereocenters. The van der Waals surface area contributed by atoms with E-state index in [-0.39, 0.29) is 18.9 Å². The molecule has 0 saturated heterocycles. The molecule has 1 heterocycles. The van der Waals surface area contributed by atoms with E-state index in [1.807, 2.05) is 6.07 Å². The van der Waals surface area contributed by atoms with Gasteiger partial charge < -0.3 is 5.32 Å². The highest BCUT2D eigenvalue weighted by atomic mass is 32.2. The van der Waals surface area contributed by atoms with Crippen LogP contribution in [-0.4, -0.2) is 37.2 Å². The van der Waals surface area contributed by atoms with Crippen molar-refractivity contribution in [3.8, 4) is 0 Å². The van der Waals surface area contributed by atoms with Crippen LogP contribution < -0.4 is 5.32 Å². The van der Waals surface area contributed by atoms with Gasteiger partial charge in [-0.1, -0.05) is 18.2 Å². The molecule has 1 N–H and O–H groups in total. The first-order valence-corrected chi connectivity index (χ1v) is 8.28. The molecular weight excluding hydrogens is 306 g/mol. The third-order valence-corrected chi connectivity index (χ3v) is 3.20. The highest BCUT2D eigenvalue weighted by Gasteiger charge is 2.08. The Hall–Kier alpha value is -2.32. The summed E-state index contributed by atoms with van der Waals surface area (Å²) in [5.74, 6) is 0.449. The van der Waals surface area contributed by atoms with Gasteiger partial charge in [-0.2, -0.15) is 8.42 Å². The number of benzene rings is 1. The first-order chi connectivity index (χ1) is 10.4. The summed E-state index contributed by atoms with van der Waals surface area (Å²) in [6, 6.07) is 10.3. The van der Waals surface area contributed by atoms with Crippen LogP contribution in [0.15, 0.2) is 42.6 Å². The molecule has 1 aromatic carbocycles. The van der Waals surface area contributed by atoms with Crippen molar-refractivity contribution in [2.45, 2.75) is 6.42 Å². The van der Waals surface area contributed by atoms with Crippen LogP contribution in [0.2, 0.25) is 0 Å². The van der Waals surface area contributed by atoms with Crippen LogP contribution in [0.25, 0.3) is 0 Å². The number of nitrogens with one attached hydrogen (secondary N) is 1. The Morgan fingerprint density at radius 2 is 1.95 bits per heavy atom. The standard InChI is InChI=1S/C14H15N3O4S/c1-22(19,20)21-10-8-12-15-9-7-13(16-12)17-14(18)11-5-3-2-4-6-11/h2-7,9H,8,10H2,1H3,(H,15,16,17,18). The highest BCUT2D eigenvalue weighted by molar-refractivity contribution is 7.85. The molecule has 0 saturated carbocycles. The van der Waals surface area contributed by atoms with Gasteiger partial charge in [0.15, 0.2) is 0 Å². The molecule has 0 aliphatic heterocycles. The normalized spacial score (nSPS) is 11.1. The van der Waals surface area contributed by atoms with Crippen molar-refractivity contribution in [2.24, 2.45) is 0 Å². The predicted molar refractivity (Wildman–Crippen MR) is 80.9 cm³/mol. The van der Waals surface area contributed by atoms with Crippen LogP contribution in [-0.2, 0) is 20.7 Å². The number of aromatic nitrogens is 2. The van der Waals surface area contributed by atoms with Gasteiger partial charge in [0, 0.05) is 18.2 Å². The molecule has 0 aliphatic carbocycles. The quantitative estimate of drug-likeness (QED) is 0.804. The van der Waals surface area contributed by atoms with Gasteiger partial charge in [-0.05, 0) is 18.2 Å². The fourth-order valence-corrected chi connectivity index (χ4v) is 2.04. The van der Waals surface area contributed by atoms with E-state index in [1.165, 1.54) is 6.20 Å². The lowest BCUT2D eigenvalue weighted by Gasteiger charge is -2.06. The summed E-state index contributed by atoms with van der Waals surface area (Å²) in [6.07, 6.45) is 2.69. The molecule has 0 fully saturated rings. The third-order valence-electron chi connectivity index (χ3n) is 2.61.